The van der Waals surface area contributed by atoms with Gasteiger partial charge in [-0.3, -0.25) is 0 Å². The highest BCUT2D eigenvalue weighted by Crippen LogP contribution is 2.32. The molecule has 1 atom stereocenters. The van der Waals surface area contributed by atoms with Gasteiger partial charge in [0.2, 0.25) is 0 Å². The van der Waals surface area contributed by atoms with Gasteiger partial charge in [0, 0.05) is 11.6 Å². The summed E-state index contributed by atoms with van der Waals surface area (Å²) in [5.74, 6) is -1.52. The second-order valence-corrected chi connectivity index (χ2v) is 4.19. The van der Waals surface area contributed by atoms with Gasteiger partial charge in [-0.05, 0) is 25.1 Å². The summed E-state index contributed by atoms with van der Waals surface area (Å²) in [5, 5.41) is 18.2. The van der Waals surface area contributed by atoms with E-state index in [1.54, 1.807) is 6.07 Å². The van der Waals surface area contributed by atoms with Crippen molar-refractivity contribution < 1.29 is 18.6 Å². The third kappa shape index (κ3) is 2.76. The predicted octanol–water partition coefficient (Wildman–Crippen LogP) is 3.68. The maximum Gasteiger partial charge on any atom is 0.168 e. The van der Waals surface area contributed by atoms with Gasteiger partial charge < -0.3 is 9.84 Å². The largest absolute Gasteiger partial charge is 0.454 e. The molecule has 0 bridgehead atoms. The lowest BCUT2D eigenvalue weighted by Gasteiger charge is -2.14. The standard InChI is InChI=1S/C15H11F2NO2/c1-9(19)12-3-2-4-13(16)15(12)20-11-6-5-10(8-18)14(17)7-11/h2-7,9,19H,1H3/t9-/m0/s1. The van der Waals surface area contributed by atoms with E-state index < -0.39 is 17.7 Å². The Morgan fingerprint density at radius 1 is 1.20 bits per heavy atom. The number of aliphatic hydroxyl groups is 1. The van der Waals surface area contributed by atoms with E-state index in [-0.39, 0.29) is 22.6 Å². The molecule has 0 unspecified atom stereocenters. The molecular formula is C15H11F2NO2. The second kappa shape index (κ2) is 5.68. The van der Waals surface area contributed by atoms with Crippen LogP contribution in [0.1, 0.15) is 24.2 Å². The van der Waals surface area contributed by atoms with Crippen molar-refractivity contribution in [2.45, 2.75) is 13.0 Å². The first kappa shape index (κ1) is 14.0. The van der Waals surface area contributed by atoms with Crippen molar-refractivity contribution in [3.05, 3.63) is 59.2 Å². The first-order valence-electron chi connectivity index (χ1n) is 5.87. The van der Waals surface area contributed by atoms with Crippen LogP contribution in [0.5, 0.6) is 11.5 Å². The second-order valence-electron chi connectivity index (χ2n) is 4.19. The molecule has 0 saturated carbocycles. The maximum absolute atomic E-state index is 13.8. The minimum Gasteiger partial charge on any atom is -0.454 e. The summed E-state index contributed by atoms with van der Waals surface area (Å²) in [6.45, 7) is 1.47. The number of ether oxygens (including phenoxy) is 1. The molecule has 3 nitrogen and oxygen atoms in total. The van der Waals surface area contributed by atoms with Gasteiger partial charge >= 0.3 is 0 Å². The zero-order valence-electron chi connectivity index (χ0n) is 10.6. The number of benzene rings is 2. The number of rotatable bonds is 3. The van der Waals surface area contributed by atoms with Gasteiger partial charge in [-0.25, -0.2) is 8.78 Å². The Bertz CT molecular complexity index is 678. The van der Waals surface area contributed by atoms with E-state index in [1.807, 2.05) is 0 Å². The van der Waals surface area contributed by atoms with Crippen LogP contribution in [-0.2, 0) is 0 Å². The van der Waals surface area contributed by atoms with Gasteiger partial charge in [0.1, 0.15) is 17.6 Å². The van der Waals surface area contributed by atoms with Gasteiger partial charge in [-0.1, -0.05) is 12.1 Å². The lowest BCUT2D eigenvalue weighted by Crippen LogP contribution is -1.99. The van der Waals surface area contributed by atoms with Gasteiger partial charge in [-0.15, -0.1) is 0 Å². The van der Waals surface area contributed by atoms with Crippen LogP contribution in [0.4, 0.5) is 8.78 Å². The Morgan fingerprint density at radius 3 is 2.55 bits per heavy atom. The van der Waals surface area contributed by atoms with Crippen LogP contribution >= 0.6 is 0 Å². The first-order chi connectivity index (χ1) is 9.52. The quantitative estimate of drug-likeness (QED) is 0.929. The van der Waals surface area contributed by atoms with E-state index in [9.17, 15) is 13.9 Å². The molecule has 0 aromatic heterocycles. The Morgan fingerprint density at radius 2 is 1.95 bits per heavy atom. The van der Waals surface area contributed by atoms with Crippen molar-refractivity contribution in [2.24, 2.45) is 0 Å². The number of halogens is 2. The summed E-state index contributed by atoms with van der Waals surface area (Å²) in [5.41, 5.74) is 0.136. The lowest BCUT2D eigenvalue weighted by molar-refractivity contribution is 0.194. The molecule has 2 aromatic rings. The van der Waals surface area contributed by atoms with Crippen LogP contribution in [0.25, 0.3) is 0 Å². The predicted molar refractivity (Wildman–Crippen MR) is 68.2 cm³/mol. The van der Waals surface area contributed by atoms with Crippen LogP contribution in [-0.4, -0.2) is 5.11 Å². The Kier molecular flexibility index (Phi) is 3.97. The molecular weight excluding hydrogens is 264 g/mol. The number of nitrogens with zero attached hydrogens (tertiary/aromatic N) is 1. The highest BCUT2D eigenvalue weighted by molar-refractivity contribution is 5.42. The minimum absolute atomic E-state index is 0.0495. The Hall–Kier alpha value is -2.45. The summed E-state index contributed by atoms with van der Waals surface area (Å²) < 4.78 is 32.5. The molecule has 20 heavy (non-hydrogen) atoms. The molecule has 0 heterocycles. The summed E-state index contributed by atoms with van der Waals surface area (Å²) in [4.78, 5) is 0. The monoisotopic (exact) mass is 275 g/mol. The summed E-state index contributed by atoms with van der Waals surface area (Å²) in [6, 6.07) is 9.43. The van der Waals surface area contributed by atoms with Crippen LogP contribution in [0.15, 0.2) is 36.4 Å². The Balaban J connectivity index is 2.40. The molecule has 0 radical (unpaired) electrons. The molecule has 0 aliphatic rings. The summed E-state index contributed by atoms with van der Waals surface area (Å²) in [7, 11) is 0. The SMILES string of the molecule is C[C@H](O)c1cccc(F)c1Oc1ccc(C#N)c(F)c1. The number of nitriles is 1. The van der Waals surface area contributed by atoms with E-state index in [0.29, 0.717) is 0 Å². The van der Waals surface area contributed by atoms with Crippen LogP contribution in [0.2, 0.25) is 0 Å². The zero-order chi connectivity index (χ0) is 14.7. The van der Waals surface area contributed by atoms with Crippen molar-refractivity contribution in [3.63, 3.8) is 0 Å². The molecule has 102 valence electrons. The lowest BCUT2D eigenvalue weighted by atomic mass is 10.1. The number of hydrogen-bond acceptors (Lipinski definition) is 3. The van der Waals surface area contributed by atoms with Crippen LogP contribution in [0.3, 0.4) is 0 Å². The molecule has 0 amide bonds. The van der Waals surface area contributed by atoms with Gasteiger partial charge in [0.25, 0.3) is 0 Å². The average molecular weight is 275 g/mol. The molecule has 5 heteroatoms. The normalized spacial score (nSPS) is 11.8. The van der Waals surface area contributed by atoms with Crippen molar-refractivity contribution in [1.29, 1.82) is 5.26 Å². The average Bonchev–Trinajstić information content (AvgIpc) is 2.41. The smallest absolute Gasteiger partial charge is 0.168 e. The summed E-state index contributed by atoms with van der Waals surface area (Å²) >= 11 is 0. The third-order valence-corrected chi connectivity index (χ3v) is 2.73. The molecule has 0 spiro atoms. The zero-order valence-corrected chi connectivity index (χ0v) is 10.6. The topological polar surface area (TPSA) is 53.2 Å². The van der Waals surface area contributed by atoms with Crippen molar-refractivity contribution >= 4 is 0 Å². The van der Waals surface area contributed by atoms with Gasteiger partial charge in [0.15, 0.2) is 11.6 Å². The fraction of sp³-hybridized carbons (Fsp3) is 0.133. The first-order valence-corrected chi connectivity index (χ1v) is 5.87. The minimum atomic E-state index is -0.927. The fourth-order valence-corrected chi connectivity index (χ4v) is 1.73. The van der Waals surface area contributed by atoms with Gasteiger partial charge in [0.05, 0.1) is 11.7 Å². The van der Waals surface area contributed by atoms with Gasteiger partial charge in [-0.2, -0.15) is 5.26 Å². The highest BCUT2D eigenvalue weighted by atomic mass is 19.1. The molecule has 0 fully saturated rings. The van der Waals surface area contributed by atoms with Crippen molar-refractivity contribution in [1.82, 2.24) is 0 Å². The van der Waals surface area contributed by atoms with E-state index >= 15 is 0 Å². The molecule has 2 aromatic carbocycles. The molecule has 2 rings (SSSR count). The van der Waals surface area contributed by atoms with E-state index in [1.165, 1.54) is 37.3 Å². The van der Waals surface area contributed by atoms with Crippen molar-refractivity contribution in [3.8, 4) is 17.6 Å². The Labute approximate surface area is 114 Å². The molecule has 0 aliphatic heterocycles. The molecule has 1 N–H and O–H groups in total. The molecule has 0 saturated heterocycles. The number of aliphatic hydroxyl groups excluding tert-OH is 1. The summed E-state index contributed by atoms with van der Waals surface area (Å²) in [6.07, 6.45) is -0.927. The number of para-hydroxylation sites is 1. The van der Waals surface area contributed by atoms with Crippen LogP contribution < -0.4 is 4.74 Å². The van der Waals surface area contributed by atoms with Crippen molar-refractivity contribution in [2.75, 3.05) is 0 Å². The third-order valence-electron chi connectivity index (χ3n) is 2.73. The van der Waals surface area contributed by atoms with E-state index in [0.717, 1.165) is 6.07 Å². The molecule has 0 aliphatic carbocycles. The number of hydrogen-bond donors (Lipinski definition) is 1. The van der Waals surface area contributed by atoms with Crippen LogP contribution in [0, 0.1) is 23.0 Å². The fourth-order valence-electron chi connectivity index (χ4n) is 1.73. The highest BCUT2D eigenvalue weighted by Gasteiger charge is 2.15. The maximum atomic E-state index is 13.8. The van der Waals surface area contributed by atoms with E-state index in [4.69, 9.17) is 10.00 Å². The van der Waals surface area contributed by atoms with E-state index in [2.05, 4.69) is 0 Å².